The summed E-state index contributed by atoms with van der Waals surface area (Å²) < 4.78 is 11.5. The van der Waals surface area contributed by atoms with Gasteiger partial charge >= 0.3 is 0 Å². The molecule has 2 amide bonds. The third-order valence-corrected chi connectivity index (χ3v) is 8.04. The number of hydrogen-bond acceptors (Lipinski definition) is 7. The number of carbonyl (C=O) groups is 3. The lowest BCUT2D eigenvalue weighted by molar-refractivity contribution is -0.146. The zero-order chi connectivity index (χ0) is 27.7. The normalized spacial score (nSPS) is 14.4. The first-order chi connectivity index (χ1) is 18.6. The molecule has 4 aromatic rings. The molecule has 0 atom stereocenters. The fourth-order valence-electron chi connectivity index (χ4n) is 4.63. The molecule has 2 aromatic heterocycles. The lowest BCUT2D eigenvalue weighted by Crippen LogP contribution is -2.51. The second-order valence-corrected chi connectivity index (χ2v) is 11.4. The van der Waals surface area contributed by atoms with Crippen molar-refractivity contribution in [3.05, 3.63) is 75.4 Å². The number of anilines is 1. The van der Waals surface area contributed by atoms with Crippen molar-refractivity contribution < 1.29 is 23.5 Å². The maximum Gasteiger partial charge on any atom is 0.275 e. The topological polar surface area (TPSA) is 102 Å². The predicted octanol–water partition coefficient (Wildman–Crippen LogP) is 6.56. The average molecular weight is 566 g/mol. The van der Waals surface area contributed by atoms with Crippen molar-refractivity contribution in [3.63, 3.8) is 0 Å². The number of rotatable bonds is 7. The fourth-order valence-corrected chi connectivity index (χ4v) is 5.77. The number of halogens is 1. The van der Waals surface area contributed by atoms with Gasteiger partial charge in [-0.2, -0.15) is 0 Å². The van der Waals surface area contributed by atoms with E-state index in [-0.39, 0.29) is 29.3 Å². The minimum atomic E-state index is -1.06. The molecule has 39 heavy (non-hydrogen) atoms. The molecule has 0 spiro atoms. The number of benzene rings is 2. The lowest BCUT2D eigenvalue weighted by atomic mass is 9.96. The highest BCUT2D eigenvalue weighted by Crippen LogP contribution is 2.33. The number of Topliss-reactive ketones (excluding diaryl/α,β-unsaturated/α-hetero) is 1. The Hall–Kier alpha value is -3.69. The molecule has 2 aromatic carbocycles. The zero-order valence-corrected chi connectivity index (χ0v) is 23.4. The van der Waals surface area contributed by atoms with Crippen molar-refractivity contribution in [1.82, 2.24) is 9.88 Å². The van der Waals surface area contributed by atoms with E-state index < -0.39 is 5.60 Å². The fraction of sp³-hybridized carbons (Fsp3) is 0.310. The summed E-state index contributed by atoms with van der Waals surface area (Å²) in [4.78, 5) is 44.1. The number of carbonyl (C=O) groups excluding carboxylic acids is 3. The van der Waals surface area contributed by atoms with Crippen LogP contribution in [0.25, 0.3) is 11.0 Å². The molecule has 1 N–H and O–H groups in total. The van der Waals surface area contributed by atoms with Crippen molar-refractivity contribution in [1.29, 1.82) is 0 Å². The third-order valence-electron chi connectivity index (χ3n) is 6.72. The summed E-state index contributed by atoms with van der Waals surface area (Å²) in [5.41, 5.74) is 0.459. The van der Waals surface area contributed by atoms with Crippen molar-refractivity contribution in [3.8, 4) is 5.75 Å². The number of amides is 2. The number of likely N-dealkylation sites (tertiary alicyclic amines) is 1. The van der Waals surface area contributed by atoms with E-state index in [9.17, 15) is 14.4 Å². The van der Waals surface area contributed by atoms with Gasteiger partial charge in [0.15, 0.2) is 17.1 Å². The summed E-state index contributed by atoms with van der Waals surface area (Å²) in [6.45, 7) is 6.10. The molecule has 5 rings (SSSR count). The molecule has 10 heteroatoms. The molecule has 0 aliphatic carbocycles. The first-order valence-electron chi connectivity index (χ1n) is 12.6. The van der Waals surface area contributed by atoms with Gasteiger partial charge in [-0.25, -0.2) is 4.98 Å². The van der Waals surface area contributed by atoms with Crippen molar-refractivity contribution >= 4 is 57.2 Å². The Morgan fingerprint density at radius 3 is 2.59 bits per heavy atom. The highest BCUT2D eigenvalue weighted by molar-refractivity contribution is 7.10. The van der Waals surface area contributed by atoms with Crippen LogP contribution in [0, 0.1) is 0 Å². The molecule has 0 bridgehead atoms. The zero-order valence-electron chi connectivity index (χ0n) is 21.8. The van der Waals surface area contributed by atoms with Gasteiger partial charge < -0.3 is 19.4 Å². The third kappa shape index (κ3) is 5.84. The number of nitrogens with one attached hydrogen (secondary N) is 1. The van der Waals surface area contributed by atoms with Crippen LogP contribution in [0.15, 0.2) is 58.3 Å². The van der Waals surface area contributed by atoms with E-state index in [2.05, 4.69) is 10.3 Å². The number of hydrogen-bond donors (Lipinski definition) is 1. The molecule has 8 nitrogen and oxygen atoms in total. The highest BCUT2D eigenvalue weighted by Gasteiger charge is 2.37. The second-order valence-electron chi connectivity index (χ2n) is 10.1. The molecule has 202 valence electrons. The van der Waals surface area contributed by atoms with Gasteiger partial charge in [0.2, 0.25) is 0 Å². The predicted molar refractivity (Wildman–Crippen MR) is 151 cm³/mol. The number of ketones is 1. The van der Waals surface area contributed by atoms with E-state index >= 15 is 0 Å². The van der Waals surface area contributed by atoms with Crippen molar-refractivity contribution in [2.75, 3.05) is 18.4 Å². The maximum absolute atomic E-state index is 13.2. The van der Waals surface area contributed by atoms with Gasteiger partial charge in [-0.15, -0.1) is 11.3 Å². The summed E-state index contributed by atoms with van der Waals surface area (Å²) in [6, 6.07) is 14.0. The molecule has 3 heterocycles. The Labute approximate surface area is 234 Å². The minimum absolute atomic E-state index is 0.0925. The van der Waals surface area contributed by atoms with E-state index in [0.717, 1.165) is 23.2 Å². The molecule has 0 unspecified atom stereocenters. The molecule has 1 fully saturated rings. The summed E-state index contributed by atoms with van der Waals surface area (Å²) in [7, 11) is 0. The first kappa shape index (κ1) is 26.9. The van der Waals surface area contributed by atoms with Crippen LogP contribution in [-0.4, -0.2) is 46.2 Å². The minimum Gasteiger partial charge on any atom is -0.476 e. The van der Waals surface area contributed by atoms with E-state index in [1.165, 1.54) is 18.3 Å². The monoisotopic (exact) mass is 565 g/mol. The first-order valence-corrected chi connectivity index (χ1v) is 13.9. The summed E-state index contributed by atoms with van der Waals surface area (Å²) in [5.74, 6) is 0.369. The van der Waals surface area contributed by atoms with Crippen LogP contribution in [-0.2, 0) is 4.79 Å². The Balaban J connectivity index is 1.18. The van der Waals surface area contributed by atoms with Crippen molar-refractivity contribution in [2.45, 2.75) is 45.1 Å². The lowest BCUT2D eigenvalue weighted by Gasteiger charge is -2.36. The van der Waals surface area contributed by atoms with Gasteiger partial charge in [0.05, 0.1) is 10.0 Å². The Morgan fingerprint density at radius 2 is 1.87 bits per heavy atom. The van der Waals surface area contributed by atoms with E-state index in [1.807, 2.05) is 17.0 Å². The highest BCUT2D eigenvalue weighted by atomic mass is 35.5. The number of piperidine rings is 1. The van der Waals surface area contributed by atoms with Gasteiger partial charge in [-0.3, -0.25) is 14.4 Å². The number of fused-ring (bicyclic) bond motifs is 1. The standard InChI is InChI=1S/C29H28ClN3O5S/c1-17(34)25-15-19-14-20(8-9-23(19)37-25)31-26(35)22-16-39-27(32-22)18-10-12-33(13-11-18)28(36)29(2,3)38-24-7-5-4-6-21(24)30/h4-9,14-16,18H,10-13H2,1-3H3,(H,31,35). The summed E-state index contributed by atoms with van der Waals surface area (Å²) in [6.07, 6.45) is 1.50. The SMILES string of the molecule is CC(=O)c1cc2cc(NC(=O)c3csc(C4CCN(C(=O)C(C)(C)Oc5ccccc5Cl)CC4)n3)ccc2o1. The van der Waals surface area contributed by atoms with Crippen LogP contribution in [0.2, 0.25) is 5.02 Å². The Kier molecular flexibility index (Phi) is 7.46. The molecule has 1 saturated heterocycles. The molecule has 0 saturated carbocycles. The quantitative estimate of drug-likeness (QED) is 0.255. The number of para-hydroxylation sites is 1. The van der Waals surface area contributed by atoms with Crippen molar-refractivity contribution in [2.24, 2.45) is 0 Å². The van der Waals surface area contributed by atoms with Gasteiger partial charge in [-0.1, -0.05) is 23.7 Å². The van der Waals surface area contributed by atoms with Crippen LogP contribution in [0.5, 0.6) is 5.75 Å². The number of furan rings is 1. The summed E-state index contributed by atoms with van der Waals surface area (Å²) in [5, 5.41) is 6.71. The van der Waals surface area contributed by atoms with Crippen LogP contribution in [0.3, 0.4) is 0 Å². The molecule has 0 radical (unpaired) electrons. The second kappa shape index (κ2) is 10.8. The van der Waals surface area contributed by atoms with Gasteiger partial charge in [0.25, 0.3) is 11.8 Å². The molecule has 1 aliphatic rings. The summed E-state index contributed by atoms with van der Waals surface area (Å²) >= 11 is 7.67. The van der Waals surface area contributed by atoms with Gasteiger partial charge in [0, 0.05) is 42.4 Å². The largest absolute Gasteiger partial charge is 0.476 e. The van der Waals surface area contributed by atoms with Crippen LogP contribution in [0.4, 0.5) is 5.69 Å². The van der Waals surface area contributed by atoms with E-state index in [4.69, 9.17) is 20.8 Å². The number of ether oxygens (including phenoxy) is 1. The number of aromatic nitrogens is 1. The van der Waals surface area contributed by atoms with Gasteiger partial charge in [-0.05, 0) is 63.1 Å². The average Bonchev–Trinajstić information content (AvgIpc) is 3.57. The van der Waals surface area contributed by atoms with Crippen LogP contribution < -0.4 is 10.1 Å². The van der Waals surface area contributed by atoms with E-state index in [1.54, 1.807) is 55.6 Å². The van der Waals surface area contributed by atoms with E-state index in [0.29, 0.717) is 40.8 Å². The maximum atomic E-state index is 13.2. The number of nitrogens with zero attached hydrogens (tertiary/aromatic N) is 2. The Morgan fingerprint density at radius 1 is 1.13 bits per heavy atom. The molecular weight excluding hydrogens is 538 g/mol. The van der Waals surface area contributed by atoms with Crippen LogP contribution >= 0.6 is 22.9 Å². The number of thiazole rings is 1. The molecular formula is C29H28ClN3O5S. The van der Waals surface area contributed by atoms with Gasteiger partial charge in [0.1, 0.15) is 17.0 Å². The molecule has 1 aliphatic heterocycles. The smallest absolute Gasteiger partial charge is 0.275 e. The Bertz CT molecular complexity index is 1550. The van der Waals surface area contributed by atoms with Crippen LogP contribution in [0.1, 0.15) is 65.6 Å².